The maximum atomic E-state index is 11.8. The second-order valence-electron chi connectivity index (χ2n) is 10.9. The summed E-state index contributed by atoms with van der Waals surface area (Å²) in [5.41, 5.74) is 1.97. The first-order valence-electron chi connectivity index (χ1n) is 12.5. The molecule has 4 aliphatic rings. The number of esters is 2. The SMILES string of the molecule is CCOC(=O)CNC(=S)[C@H]1CC[C@H]2[C@@H]3CC=C4C[C@@H](OC(C)=O)CC[C@]4(C)[C@H]3CC[C@]12C. The van der Waals surface area contributed by atoms with Crippen molar-refractivity contribution in [2.45, 2.75) is 85.2 Å². The van der Waals surface area contributed by atoms with E-state index in [4.69, 9.17) is 21.7 Å². The number of thiocarbonyl (C=S) groups is 1. The summed E-state index contributed by atoms with van der Waals surface area (Å²) < 4.78 is 10.6. The molecule has 0 aromatic carbocycles. The molecule has 3 saturated carbocycles. The molecule has 1 N–H and O–H groups in total. The van der Waals surface area contributed by atoms with Gasteiger partial charge in [0.25, 0.3) is 0 Å². The Bertz CT molecular complexity index is 810. The van der Waals surface area contributed by atoms with E-state index in [0.29, 0.717) is 30.3 Å². The minimum atomic E-state index is -0.236. The molecule has 0 aliphatic heterocycles. The number of fused-ring (bicyclic) bond motifs is 5. The Hall–Kier alpha value is -1.43. The summed E-state index contributed by atoms with van der Waals surface area (Å²) in [4.78, 5) is 24.1. The number of allylic oxidation sites excluding steroid dienone is 1. The zero-order valence-electron chi connectivity index (χ0n) is 20.1. The number of ether oxygens (including phenoxy) is 2. The molecule has 4 aliphatic carbocycles. The highest BCUT2D eigenvalue weighted by atomic mass is 32.1. The molecule has 0 aromatic rings. The number of nitrogens with one attached hydrogen (secondary N) is 1. The Morgan fingerprint density at radius 3 is 2.66 bits per heavy atom. The second kappa shape index (κ2) is 9.08. The fourth-order valence-electron chi connectivity index (χ4n) is 7.89. The van der Waals surface area contributed by atoms with Gasteiger partial charge in [0.05, 0.1) is 11.6 Å². The van der Waals surface area contributed by atoms with E-state index < -0.39 is 0 Å². The minimum Gasteiger partial charge on any atom is -0.465 e. The largest absolute Gasteiger partial charge is 0.465 e. The Kier molecular flexibility index (Phi) is 6.73. The van der Waals surface area contributed by atoms with Crippen molar-refractivity contribution in [1.29, 1.82) is 0 Å². The van der Waals surface area contributed by atoms with Crippen molar-refractivity contribution in [2.75, 3.05) is 13.2 Å². The van der Waals surface area contributed by atoms with Crippen LogP contribution in [0.15, 0.2) is 11.6 Å². The first-order chi connectivity index (χ1) is 15.2. The molecule has 0 bridgehead atoms. The van der Waals surface area contributed by atoms with Gasteiger partial charge in [0.15, 0.2) is 0 Å². The molecule has 4 rings (SSSR count). The average Bonchev–Trinajstić information content (AvgIpc) is 3.09. The third-order valence-corrected chi connectivity index (χ3v) is 9.85. The smallest absolute Gasteiger partial charge is 0.325 e. The maximum Gasteiger partial charge on any atom is 0.325 e. The van der Waals surface area contributed by atoms with E-state index in [1.54, 1.807) is 0 Å². The van der Waals surface area contributed by atoms with Crippen LogP contribution in [-0.4, -0.2) is 36.2 Å². The van der Waals surface area contributed by atoms with Crippen LogP contribution in [0.1, 0.15) is 79.1 Å². The summed E-state index contributed by atoms with van der Waals surface area (Å²) in [6.07, 6.45) is 11.4. The molecule has 5 nitrogen and oxygen atoms in total. The van der Waals surface area contributed by atoms with Crippen molar-refractivity contribution < 1.29 is 19.1 Å². The number of hydrogen-bond donors (Lipinski definition) is 1. The highest BCUT2D eigenvalue weighted by molar-refractivity contribution is 7.80. The molecule has 6 heteroatoms. The molecule has 0 amide bonds. The fraction of sp³-hybridized carbons (Fsp3) is 0.808. The van der Waals surface area contributed by atoms with Crippen molar-refractivity contribution >= 4 is 29.1 Å². The van der Waals surface area contributed by atoms with Gasteiger partial charge in [-0.05, 0) is 80.5 Å². The molecule has 0 spiro atoms. The normalized spacial score (nSPS) is 40.2. The van der Waals surface area contributed by atoms with Crippen LogP contribution in [0.4, 0.5) is 0 Å². The molecular formula is C26H39NO4S. The minimum absolute atomic E-state index is 0.0518. The third-order valence-electron chi connectivity index (χ3n) is 9.42. The van der Waals surface area contributed by atoms with Crippen molar-refractivity contribution in [3.05, 3.63) is 11.6 Å². The van der Waals surface area contributed by atoms with E-state index in [2.05, 4.69) is 25.2 Å². The highest BCUT2D eigenvalue weighted by Gasteiger charge is 2.59. The Labute approximate surface area is 198 Å². The zero-order valence-corrected chi connectivity index (χ0v) is 20.9. The first kappa shape index (κ1) is 23.7. The van der Waals surface area contributed by atoms with Crippen LogP contribution in [0.25, 0.3) is 0 Å². The van der Waals surface area contributed by atoms with Crippen LogP contribution in [0.3, 0.4) is 0 Å². The molecule has 0 radical (unpaired) electrons. The summed E-state index contributed by atoms with van der Waals surface area (Å²) in [7, 11) is 0. The van der Waals surface area contributed by atoms with Crippen LogP contribution >= 0.6 is 12.2 Å². The lowest BCUT2D eigenvalue weighted by Crippen LogP contribution is -2.52. The van der Waals surface area contributed by atoms with Crippen molar-refractivity contribution in [3.63, 3.8) is 0 Å². The lowest BCUT2D eigenvalue weighted by molar-refractivity contribution is -0.148. The van der Waals surface area contributed by atoms with E-state index in [9.17, 15) is 9.59 Å². The lowest BCUT2D eigenvalue weighted by atomic mass is 9.47. The second-order valence-corrected chi connectivity index (χ2v) is 11.4. The lowest BCUT2D eigenvalue weighted by Gasteiger charge is -2.58. The van der Waals surface area contributed by atoms with E-state index in [-0.39, 0.29) is 35.4 Å². The Morgan fingerprint density at radius 1 is 1.16 bits per heavy atom. The van der Waals surface area contributed by atoms with Gasteiger partial charge in [-0.15, -0.1) is 0 Å². The molecule has 7 atom stereocenters. The Morgan fingerprint density at radius 2 is 1.94 bits per heavy atom. The van der Waals surface area contributed by atoms with E-state index in [1.807, 2.05) is 6.92 Å². The van der Waals surface area contributed by atoms with Crippen molar-refractivity contribution in [3.8, 4) is 0 Å². The zero-order chi connectivity index (χ0) is 23.1. The standard InChI is InChI=1S/C26H39NO4S/c1-5-30-23(29)15-27-24(32)22-9-8-20-19-7-6-17-14-18(31-16(2)28)10-12-25(17,3)21(19)11-13-26(20,22)4/h6,18-22H,5,7-15H2,1-4H3,(H,27,32)/t18-,19-,20-,21-,22+,25-,26-/m0/s1. The highest BCUT2D eigenvalue weighted by Crippen LogP contribution is 2.66. The van der Waals surface area contributed by atoms with Gasteiger partial charge in [0, 0.05) is 19.3 Å². The van der Waals surface area contributed by atoms with Crippen molar-refractivity contribution in [1.82, 2.24) is 5.32 Å². The predicted octanol–water partition coefficient (Wildman–Crippen LogP) is 4.98. The topological polar surface area (TPSA) is 64.6 Å². The molecule has 0 aromatic heterocycles. The van der Waals surface area contributed by atoms with E-state index in [1.165, 1.54) is 31.8 Å². The number of rotatable bonds is 5. The van der Waals surface area contributed by atoms with Gasteiger partial charge >= 0.3 is 11.9 Å². The van der Waals surface area contributed by atoms with Gasteiger partial charge in [-0.3, -0.25) is 9.59 Å². The van der Waals surface area contributed by atoms with Gasteiger partial charge in [0.2, 0.25) is 0 Å². The van der Waals surface area contributed by atoms with Gasteiger partial charge in [0.1, 0.15) is 12.6 Å². The summed E-state index contributed by atoms with van der Waals surface area (Å²) in [5, 5.41) is 3.22. The number of carbonyl (C=O) groups excluding carboxylic acids is 2. The van der Waals surface area contributed by atoms with Crippen LogP contribution in [0.5, 0.6) is 0 Å². The van der Waals surface area contributed by atoms with Crippen LogP contribution in [0, 0.1) is 34.5 Å². The quantitative estimate of drug-likeness (QED) is 0.354. The maximum absolute atomic E-state index is 11.8. The van der Waals surface area contributed by atoms with Gasteiger partial charge in [-0.25, -0.2) is 0 Å². The van der Waals surface area contributed by atoms with E-state index in [0.717, 1.165) is 37.1 Å². The molecule has 178 valence electrons. The summed E-state index contributed by atoms with van der Waals surface area (Å²) in [6.45, 7) is 8.83. The molecule has 32 heavy (non-hydrogen) atoms. The number of hydrogen-bond acceptors (Lipinski definition) is 5. The van der Waals surface area contributed by atoms with Gasteiger partial charge in [-0.2, -0.15) is 0 Å². The molecule has 0 saturated heterocycles. The summed E-state index contributed by atoms with van der Waals surface area (Å²) in [6, 6.07) is 0. The Balaban J connectivity index is 1.46. The monoisotopic (exact) mass is 461 g/mol. The average molecular weight is 462 g/mol. The van der Waals surface area contributed by atoms with Crippen molar-refractivity contribution in [2.24, 2.45) is 34.5 Å². The molecule has 0 heterocycles. The number of carbonyl (C=O) groups is 2. The predicted molar refractivity (Wildman–Crippen MR) is 128 cm³/mol. The third kappa shape index (κ3) is 4.12. The molecule has 0 unspecified atom stereocenters. The van der Waals surface area contributed by atoms with Crippen LogP contribution < -0.4 is 5.32 Å². The molecular weight excluding hydrogens is 422 g/mol. The summed E-state index contributed by atoms with van der Waals surface area (Å²) in [5.74, 6) is 2.03. The summed E-state index contributed by atoms with van der Waals surface area (Å²) >= 11 is 5.79. The molecule has 3 fully saturated rings. The van der Waals surface area contributed by atoms with Crippen LogP contribution in [0.2, 0.25) is 0 Å². The van der Waals surface area contributed by atoms with Gasteiger partial charge in [-0.1, -0.05) is 37.7 Å². The fourth-order valence-corrected chi connectivity index (χ4v) is 8.35. The van der Waals surface area contributed by atoms with Crippen LogP contribution in [-0.2, 0) is 19.1 Å². The van der Waals surface area contributed by atoms with Gasteiger partial charge < -0.3 is 14.8 Å². The van der Waals surface area contributed by atoms with E-state index >= 15 is 0 Å². The first-order valence-corrected chi connectivity index (χ1v) is 12.9.